The summed E-state index contributed by atoms with van der Waals surface area (Å²) >= 11 is 5.98. The Bertz CT molecular complexity index is 1490. The monoisotopic (exact) mass is 494 g/mol. The van der Waals surface area contributed by atoms with E-state index in [4.69, 9.17) is 26.1 Å². The summed E-state index contributed by atoms with van der Waals surface area (Å²) in [5, 5.41) is 0.268. The molecule has 9 heteroatoms. The molecule has 0 aliphatic carbocycles. The number of nitrogens with zero attached hydrogens (tertiary/aromatic N) is 4. The Morgan fingerprint density at radius 3 is 2.77 bits per heavy atom. The van der Waals surface area contributed by atoms with Gasteiger partial charge in [0, 0.05) is 52.8 Å². The Hall–Kier alpha value is -3.36. The van der Waals surface area contributed by atoms with Crippen molar-refractivity contribution in [3.63, 3.8) is 0 Å². The first-order chi connectivity index (χ1) is 16.9. The number of ether oxygens (including phenoxy) is 2. The summed E-state index contributed by atoms with van der Waals surface area (Å²) < 4.78 is 27.7. The molecule has 0 unspecified atom stereocenters. The van der Waals surface area contributed by atoms with Gasteiger partial charge in [-0.3, -0.25) is 4.79 Å². The van der Waals surface area contributed by atoms with Crippen LogP contribution in [0.1, 0.15) is 47.4 Å². The van der Waals surface area contributed by atoms with Crippen LogP contribution in [-0.2, 0) is 4.74 Å². The summed E-state index contributed by atoms with van der Waals surface area (Å²) in [6.45, 7) is 4.03. The molecule has 0 radical (unpaired) electrons. The maximum Gasteiger partial charge on any atom is 0.262 e. The number of methoxy groups -OCH3 is 1. The summed E-state index contributed by atoms with van der Waals surface area (Å²) in [4.78, 5) is 26.8. The lowest BCUT2D eigenvalue weighted by molar-refractivity contribution is 0.00448. The summed E-state index contributed by atoms with van der Waals surface area (Å²) in [5.41, 5.74) is 3.17. The summed E-state index contributed by atoms with van der Waals surface area (Å²) in [6.07, 6.45) is 2.92. The lowest BCUT2D eigenvalue weighted by atomic mass is 9.89. The number of halogens is 2. The number of pyridine rings is 1. The van der Waals surface area contributed by atoms with Crippen LogP contribution in [0.3, 0.4) is 0 Å². The Balaban J connectivity index is 1.64. The van der Waals surface area contributed by atoms with Crippen molar-refractivity contribution in [3.8, 4) is 17.3 Å². The molecule has 1 aliphatic rings. The van der Waals surface area contributed by atoms with E-state index >= 15 is 4.39 Å². The van der Waals surface area contributed by atoms with E-state index in [2.05, 4.69) is 9.97 Å². The molecular formula is C26H24ClFN4O3. The van der Waals surface area contributed by atoms with Gasteiger partial charge in [-0.25, -0.2) is 23.7 Å². The molecule has 7 nitrogen and oxygen atoms in total. The van der Waals surface area contributed by atoms with Crippen molar-refractivity contribution in [1.82, 2.24) is 19.4 Å². The SMILES string of the molecule is COc1cc([C@H]2C[C@@H](c3cc4nc(C)c(C)c(=O)n4c(-c4ccc(Cl)cc4F)n3)CCO2)ccn1. The van der Waals surface area contributed by atoms with Gasteiger partial charge < -0.3 is 9.47 Å². The van der Waals surface area contributed by atoms with Crippen molar-refractivity contribution in [2.75, 3.05) is 13.7 Å². The normalized spacial score (nSPS) is 18.1. The summed E-state index contributed by atoms with van der Waals surface area (Å²) in [7, 11) is 1.58. The summed E-state index contributed by atoms with van der Waals surface area (Å²) in [5.74, 6) is 0.195. The van der Waals surface area contributed by atoms with Gasteiger partial charge in [0.25, 0.3) is 5.56 Å². The molecular weight excluding hydrogens is 471 g/mol. The molecule has 35 heavy (non-hydrogen) atoms. The largest absolute Gasteiger partial charge is 0.481 e. The predicted molar refractivity (Wildman–Crippen MR) is 131 cm³/mol. The average molecular weight is 495 g/mol. The highest BCUT2D eigenvalue weighted by Gasteiger charge is 2.28. The Labute approximate surface area is 206 Å². The molecule has 5 rings (SSSR count). The fraction of sp³-hybridized carbons (Fsp3) is 0.308. The van der Waals surface area contributed by atoms with Crippen LogP contribution >= 0.6 is 11.6 Å². The molecule has 3 aromatic heterocycles. The van der Waals surface area contributed by atoms with Crippen LogP contribution in [0.4, 0.5) is 4.39 Å². The third-order valence-electron chi connectivity index (χ3n) is 6.52. The molecule has 1 fully saturated rings. The molecule has 4 aromatic rings. The van der Waals surface area contributed by atoms with Crippen LogP contribution in [0.15, 0.2) is 47.4 Å². The topological polar surface area (TPSA) is 78.6 Å². The van der Waals surface area contributed by atoms with Crippen molar-refractivity contribution >= 4 is 17.2 Å². The number of aryl methyl sites for hydroxylation is 1. The molecule has 0 spiro atoms. The zero-order chi connectivity index (χ0) is 24.7. The predicted octanol–water partition coefficient (Wildman–Crippen LogP) is 5.20. The number of hydrogen-bond acceptors (Lipinski definition) is 6. The van der Waals surface area contributed by atoms with Gasteiger partial charge in [-0.15, -0.1) is 0 Å². The van der Waals surface area contributed by atoms with E-state index in [1.807, 2.05) is 18.2 Å². The Morgan fingerprint density at radius 2 is 2.00 bits per heavy atom. The molecule has 0 bridgehead atoms. The van der Waals surface area contributed by atoms with Crippen LogP contribution in [-0.4, -0.2) is 33.1 Å². The average Bonchev–Trinajstić information content (AvgIpc) is 2.87. The highest BCUT2D eigenvalue weighted by atomic mass is 35.5. The lowest BCUT2D eigenvalue weighted by Crippen LogP contribution is -2.24. The minimum Gasteiger partial charge on any atom is -0.481 e. The molecule has 4 heterocycles. The second-order valence-corrected chi connectivity index (χ2v) is 9.10. The lowest BCUT2D eigenvalue weighted by Gasteiger charge is -2.30. The van der Waals surface area contributed by atoms with E-state index < -0.39 is 5.82 Å². The number of benzene rings is 1. The first-order valence-corrected chi connectivity index (χ1v) is 11.7. The smallest absolute Gasteiger partial charge is 0.262 e. The second-order valence-electron chi connectivity index (χ2n) is 8.66. The molecule has 180 valence electrons. The highest BCUT2D eigenvalue weighted by Crippen LogP contribution is 2.38. The number of aromatic nitrogens is 4. The number of fused-ring (bicyclic) bond motifs is 1. The molecule has 1 aromatic carbocycles. The molecule has 1 aliphatic heterocycles. The van der Waals surface area contributed by atoms with Crippen LogP contribution in [0.5, 0.6) is 5.88 Å². The van der Waals surface area contributed by atoms with Crippen molar-refractivity contribution in [2.45, 2.75) is 38.7 Å². The van der Waals surface area contributed by atoms with Crippen molar-refractivity contribution in [2.24, 2.45) is 0 Å². The van der Waals surface area contributed by atoms with E-state index in [9.17, 15) is 4.79 Å². The fourth-order valence-electron chi connectivity index (χ4n) is 4.47. The zero-order valence-electron chi connectivity index (χ0n) is 19.6. The van der Waals surface area contributed by atoms with E-state index in [1.54, 1.807) is 39.3 Å². The maximum atomic E-state index is 15.0. The first-order valence-electron chi connectivity index (χ1n) is 11.3. The van der Waals surface area contributed by atoms with Crippen LogP contribution < -0.4 is 10.3 Å². The fourth-order valence-corrected chi connectivity index (χ4v) is 4.62. The van der Waals surface area contributed by atoms with Crippen LogP contribution in [0.2, 0.25) is 5.02 Å². The van der Waals surface area contributed by atoms with Gasteiger partial charge in [0.1, 0.15) is 11.5 Å². The maximum absolute atomic E-state index is 15.0. The third-order valence-corrected chi connectivity index (χ3v) is 6.75. The van der Waals surface area contributed by atoms with E-state index in [1.165, 1.54) is 10.5 Å². The zero-order valence-corrected chi connectivity index (χ0v) is 20.3. The van der Waals surface area contributed by atoms with Crippen LogP contribution in [0, 0.1) is 19.7 Å². The highest BCUT2D eigenvalue weighted by molar-refractivity contribution is 6.30. The van der Waals surface area contributed by atoms with Gasteiger partial charge in [0.2, 0.25) is 5.88 Å². The number of rotatable bonds is 4. The first kappa shape index (κ1) is 23.4. The quantitative estimate of drug-likeness (QED) is 0.388. The van der Waals surface area contributed by atoms with Crippen LogP contribution in [0.25, 0.3) is 17.0 Å². The van der Waals surface area contributed by atoms with Gasteiger partial charge in [-0.2, -0.15) is 0 Å². The second kappa shape index (κ2) is 9.36. The summed E-state index contributed by atoms with van der Waals surface area (Å²) in [6, 6.07) is 9.94. The van der Waals surface area contributed by atoms with Gasteiger partial charge in [0.05, 0.1) is 18.8 Å². The Kier molecular flexibility index (Phi) is 6.25. The molecule has 0 amide bonds. The molecule has 2 atom stereocenters. The van der Waals surface area contributed by atoms with E-state index in [0.29, 0.717) is 35.8 Å². The van der Waals surface area contributed by atoms with Gasteiger partial charge >= 0.3 is 0 Å². The van der Waals surface area contributed by atoms with E-state index in [-0.39, 0.29) is 34.0 Å². The van der Waals surface area contributed by atoms with Gasteiger partial charge in [0.15, 0.2) is 5.82 Å². The molecule has 0 N–H and O–H groups in total. The van der Waals surface area contributed by atoms with E-state index in [0.717, 1.165) is 17.7 Å². The van der Waals surface area contributed by atoms with Gasteiger partial charge in [-0.05, 0) is 56.5 Å². The van der Waals surface area contributed by atoms with Crippen molar-refractivity contribution in [3.05, 3.63) is 86.3 Å². The Morgan fingerprint density at radius 1 is 1.17 bits per heavy atom. The minimum absolute atomic E-state index is 0.0190. The van der Waals surface area contributed by atoms with Crippen molar-refractivity contribution in [1.29, 1.82) is 0 Å². The minimum atomic E-state index is -0.553. The third kappa shape index (κ3) is 4.39. The number of hydrogen-bond donors (Lipinski definition) is 0. The van der Waals surface area contributed by atoms with Gasteiger partial charge in [-0.1, -0.05) is 11.6 Å². The molecule has 1 saturated heterocycles. The van der Waals surface area contributed by atoms with Crippen molar-refractivity contribution < 1.29 is 13.9 Å². The molecule has 0 saturated carbocycles. The standard InChI is InChI=1S/C26H24ClFN4O3/c1-14-15(2)30-23-13-21(16-7-9-35-22(10-16)17-6-8-29-24(11-17)34-3)31-25(32(23)26(14)33)19-5-4-18(27)12-20(19)28/h4-6,8,11-13,16,22H,7,9-10H2,1-3H3/t16-,22+/m0/s1.